The molecule has 2 nitrogen and oxygen atoms in total. The summed E-state index contributed by atoms with van der Waals surface area (Å²) in [5.74, 6) is 1.67. The second-order valence-corrected chi connectivity index (χ2v) is 5.20. The van der Waals surface area contributed by atoms with Crippen LogP contribution in [0.3, 0.4) is 0 Å². The summed E-state index contributed by atoms with van der Waals surface area (Å²) < 4.78 is 11.1. The zero-order valence-electron chi connectivity index (χ0n) is 10.1. The third-order valence-corrected chi connectivity index (χ3v) is 2.45. The van der Waals surface area contributed by atoms with Gasteiger partial charge in [0.1, 0.15) is 0 Å². The summed E-state index contributed by atoms with van der Waals surface area (Å²) in [5, 5.41) is 0. The third kappa shape index (κ3) is 4.05. The molecule has 0 saturated carbocycles. The van der Waals surface area contributed by atoms with Crippen molar-refractivity contribution < 1.29 is 9.47 Å². The van der Waals surface area contributed by atoms with Crippen LogP contribution in [0.25, 0.3) is 0 Å². The average Bonchev–Trinajstić information content (AvgIpc) is 2.21. The summed E-state index contributed by atoms with van der Waals surface area (Å²) >= 11 is 3.55. The summed E-state index contributed by atoms with van der Waals surface area (Å²) in [6.45, 7) is 7.41. The second kappa shape index (κ2) is 6.79. The van der Waals surface area contributed by atoms with E-state index in [2.05, 4.69) is 35.0 Å². The number of ether oxygens (including phenoxy) is 2. The quantitative estimate of drug-likeness (QED) is 0.741. The maximum atomic E-state index is 5.57. The smallest absolute Gasteiger partial charge is 0.161 e. The Morgan fingerprint density at radius 1 is 1.12 bits per heavy atom. The van der Waals surface area contributed by atoms with Gasteiger partial charge >= 0.3 is 0 Å². The SMILES string of the molecule is CCOc1ccc(CC(C)Br)cc1OCC. The first kappa shape index (κ1) is 13.4. The normalized spacial score (nSPS) is 12.2. The molecule has 1 atom stereocenters. The molecule has 0 heterocycles. The highest BCUT2D eigenvalue weighted by atomic mass is 79.9. The fraction of sp³-hybridized carbons (Fsp3) is 0.538. The lowest BCUT2D eigenvalue weighted by atomic mass is 10.1. The topological polar surface area (TPSA) is 18.5 Å². The Kier molecular flexibility index (Phi) is 5.67. The Hall–Kier alpha value is -0.700. The van der Waals surface area contributed by atoms with Crippen LogP contribution in [0.5, 0.6) is 11.5 Å². The Labute approximate surface area is 106 Å². The number of benzene rings is 1. The lowest BCUT2D eigenvalue weighted by Gasteiger charge is -2.12. The van der Waals surface area contributed by atoms with E-state index in [9.17, 15) is 0 Å². The molecule has 0 radical (unpaired) electrons. The van der Waals surface area contributed by atoms with E-state index in [1.165, 1.54) is 5.56 Å². The second-order valence-electron chi connectivity index (χ2n) is 3.63. The van der Waals surface area contributed by atoms with Crippen LogP contribution in [0.2, 0.25) is 0 Å². The van der Waals surface area contributed by atoms with Crippen LogP contribution in [-0.4, -0.2) is 18.0 Å². The predicted octanol–water partition coefficient (Wildman–Crippen LogP) is 3.81. The lowest BCUT2D eigenvalue weighted by Crippen LogP contribution is -2.01. The van der Waals surface area contributed by atoms with Crippen LogP contribution >= 0.6 is 15.9 Å². The Balaban J connectivity index is 2.87. The molecular formula is C13H19BrO2. The van der Waals surface area contributed by atoms with E-state index in [1.54, 1.807) is 0 Å². The fourth-order valence-corrected chi connectivity index (χ4v) is 1.92. The first-order valence-electron chi connectivity index (χ1n) is 5.70. The molecule has 0 aliphatic rings. The largest absolute Gasteiger partial charge is 0.490 e. The van der Waals surface area contributed by atoms with Crippen LogP contribution in [0.15, 0.2) is 18.2 Å². The van der Waals surface area contributed by atoms with Crippen molar-refractivity contribution in [2.24, 2.45) is 0 Å². The molecular weight excluding hydrogens is 268 g/mol. The molecule has 0 saturated heterocycles. The zero-order valence-corrected chi connectivity index (χ0v) is 11.7. The van der Waals surface area contributed by atoms with Gasteiger partial charge in [0.25, 0.3) is 0 Å². The Morgan fingerprint density at radius 2 is 1.75 bits per heavy atom. The molecule has 0 spiro atoms. The van der Waals surface area contributed by atoms with Crippen LogP contribution < -0.4 is 9.47 Å². The van der Waals surface area contributed by atoms with Crippen molar-refractivity contribution in [2.45, 2.75) is 32.0 Å². The van der Waals surface area contributed by atoms with Gasteiger partial charge in [-0.15, -0.1) is 0 Å². The van der Waals surface area contributed by atoms with Crippen molar-refractivity contribution in [3.63, 3.8) is 0 Å². The molecule has 1 unspecified atom stereocenters. The Morgan fingerprint density at radius 3 is 2.31 bits per heavy atom. The highest BCUT2D eigenvalue weighted by molar-refractivity contribution is 9.09. The van der Waals surface area contributed by atoms with Crippen LogP contribution in [0, 0.1) is 0 Å². The van der Waals surface area contributed by atoms with Crippen molar-refractivity contribution in [3.8, 4) is 11.5 Å². The number of rotatable bonds is 6. The van der Waals surface area contributed by atoms with E-state index in [1.807, 2.05) is 19.9 Å². The molecule has 0 aliphatic heterocycles. The number of alkyl halides is 1. The summed E-state index contributed by atoms with van der Waals surface area (Å²) in [6.07, 6.45) is 0.993. The minimum absolute atomic E-state index is 0.472. The Bertz CT molecular complexity index is 324. The average molecular weight is 287 g/mol. The molecule has 1 rings (SSSR count). The van der Waals surface area contributed by atoms with Gasteiger partial charge in [0.2, 0.25) is 0 Å². The van der Waals surface area contributed by atoms with Gasteiger partial charge < -0.3 is 9.47 Å². The van der Waals surface area contributed by atoms with Crippen LogP contribution in [0.4, 0.5) is 0 Å². The van der Waals surface area contributed by atoms with E-state index >= 15 is 0 Å². The first-order valence-corrected chi connectivity index (χ1v) is 6.61. The van der Waals surface area contributed by atoms with Gasteiger partial charge in [-0.2, -0.15) is 0 Å². The van der Waals surface area contributed by atoms with E-state index in [0.717, 1.165) is 17.9 Å². The fourth-order valence-electron chi connectivity index (χ4n) is 1.55. The van der Waals surface area contributed by atoms with Gasteiger partial charge in [-0.3, -0.25) is 0 Å². The first-order chi connectivity index (χ1) is 7.67. The van der Waals surface area contributed by atoms with Gasteiger partial charge in [0.15, 0.2) is 11.5 Å². The maximum Gasteiger partial charge on any atom is 0.161 e. The maximum absolute atomic E-state index is 5.57. The molecule has 3 heteroatoms. The van der Waals surface area contributed by atoms with Gasteiger partial charge in [-0.25, -0.2) is 0 Å². The summed E-state index contributed by atoms with van der Waals surface area (Å²) in [6, 6.07) is 6.14. The third-order valence-electron chi connectivity index (χ3n) is 2.12. The molecule has 0 N–H and O–H groups in total. The van der Waals surface area contributed by atoms with Gasteiger partial charge in [-0.05, 0) is 38.0 Å². The molecule has 0 aliphatic carbocycles. The number of hydrogen-bond donors (Lipinski definition) is 0. The van der Waals surface area contributed by atoms with Gasteiger partial charge in [0.05, 0.1) is 13.2 Å². The summed E-state index contributed by atoms with van der Waals surface area (Å²) in [7, 11) is 0. The molecule has 16 heavy (non-hydrogen) atoms. The minimum Gasteiger partial charge on any atom is -0.490 e. The molecule has 0 amide bonds. The molecule has 0 aromatic heterocycles. The van der Waals surface area contributed by atoms with Crippen molar-refractivity contribution in [1.29, 1.82) is 0 Å². The summed E-state index contributed by atoms with van der Waals surface area (Å²) in [5.41, 5.74) is 1.26. The van der Waals surface area contributed by atoms with Crippen molar-refractivity contribution >= 4 is 15.9 Å². The number of hydrogen-bond acceptors (Lipinski definition) is 2. The van der Waals surface area contributed by atoms with Gasteiger partial charge in [-0.1, -0.05) is 28.9 Å². The molecule has 0 fully saturated rings. The van der Waals surface area contributed by atoms with E-state index in [4.69, 9.17) is 9.47 Å². The molecule has 1 aromatic rings. The lowest BCUT2D eigenvalue weighted by molar-refractivity contribution is 0.287. The standard InChI is InChI=1S/C13H19BrO2/c1-4-15-12-7-6-11(8-10(3)14)9-13(12)16-5-2/h6-7,9-10H,4-5,8H2,1-3H3. The van der Waals surface area contributed by atoms with E-state index in [0.29, 0.717) is 18.0 Å². The van der Waals surface area contributed by atoms with E-state index < -0.39 is 0 Å². The van der Waals surface area contributed by atoms with Crippen LogP contribution in [0.1, 0.15) is 26.3 Å². The number of halogens is 1. The zero-order chi connectivity index (χ0) is 12.0. The van der Waals surface area contributed by atoms with Crippen molar-refractivity contribution in [3.05, 3.63) is 23.8 Å². The van der Waals surface area contributed by atoms with Crippen molar-refractivity contribution in [2.75, 3.05) is 13.2 Å². The predicted molar refractivity (Wildman–Crippen MR) is 70.9 cm³/mol. The summed E-state index contributed by atoms with van der Waals surface area (Å²) in [4.78, 5) is 0.472. The van der Waals surface area contributed by atoms with Gasteiger partial charge in [0, 0.05) is 4.83 Å². The molecule has 1 aromatic carbocycles. The van der Waals surface area contributed by atoms with Crippen LogP contribution in [-0.2, 0) is 6.42 Å². The molecule has 90 valence electrons. The molecule has 0 bridgehead atoms. The highest BCUT2D eigenvalue weighted by Crippen LogP contribution is 2.29. The van der Waals surface area contributed by atoms with Crippen molar-refractivity contribution in [1.82, 2.24) is 0 Å². The monoisotopic (exact) mass is 286 g/mol. The highest BCUT2D eigenvalue weighted by Gasteiger charge is 2.07. The minimum atomic E-state index is 0.472. The van der Waals surface area contributed by atoms with E-state index in [-0.39, 0.29) is 0 Å².